The van der Waals surface area contributed by atoms with Crippen LogP contribution in [0, 0.1) is 6.92 Å². The summed E-state index contributed by atoms with van der Waals surface area (Å²) in [6.07, 6.45) is 2.15. The zero-order valence-corrected chi connectivity index (χ0v) is 11.1. The lowest BCUT2D eigenvalue weighted by atomic mass is 9.94. The van der Waals surface area contributed by atoms with Gasteiger partial charge in [0.15, 0.2) is 0 Å². The summed E-state index contributed by atoms with van der Waals surface area (Å²) in [6, 6.07) is 16.6. The molecular weight excluding hydrogens is 220 g/mol. The van der Waals surface area contributed by atoms with Gasteiger partial charge in [-0.25, -0.2) is 0 Å². The largest absolute Gasteiger partial charge is 0.497 e. The van der Waals surface area contributed by atoms with Gasteiger partial charge in [0.2, 0.25) is 0 Å². The molecule has 0 amide bonds. The SMILES string of the molecule is C/C=C(\c1cccc(OC)c1)c1ccccc1C. The van der Waals surface area contributed by atoms with Crippen molar-refractivity contribution in [3.05, 3.63) is 71.3 Å². The van der Waals surface area contributed by atoms with Crippen molar-refractivity contribution in [2.75, 3.05) is 7.11 Å². The monoisotopic (exact) mass is 238 g/mol. The predicted octanol–water partition coefficient (Wildman–Crippen LogP) is 4.46. The van der Waals surface area contributed by atoms with E-state index in [1.807, 2.05) is 12.1 Å². The zero-order chi connectivity index (χ0) is 13.0. The second kappa shape index (κ2) is 5.54. The molecule has 0 aliphatic heterocycles. The zero-order valence-electron chi connectivity index (χ0n) is 11.1. The van der Waals surface area contributed by atoms with Crippen molar-refractivity contribution >= 4 is 5.57 Å². The van der Waals surface area contributed by atoms with Gasteiger partial charge in [0.05, 0.1) is 7.11 Å². The Labute approximate surface area is 109 Å². The highest BCUT2D eigenvalue weighted by Gasteiger charge is 2.07. The molecule has 1 heteroatoms. The van der Waals surface area contributed by atoms with E-state index in [9.17, 15) is 0 Å². The van der Waals surface area contributed by atoms with Gasteiger partial charge in [-0.2, -0.15) is 0 Å². The van der Waals surface area contributed by atoms with Crippen molar-refractivity contribution in [2.24, 2.45) is 0 Å². The van der Waals surface area contributed by atoms with Crippen molar-refractivity contribution in [1.82, 2.24) is 0 Å². The predicted molar refractivity (Wildman–Crippen MR) is 76.9 cm³/mol. The van der Waals surface area contributed by atoms with Crippen LogP contribution in [0.15, 0.2) is 54.6 Å². The first-order chi connectivity index (χ1) is 8.76. The maximum Gasteiger partial charge on any atom is 0.119 e. The minimum absolute atomic E-state index is 0.889. The Balaban J connectivity index is 2.50. The molecule has 0 bridgehead atoms. The highest BCUT2D eigenvalue weighted by molar-refractivity contribution is 5.81. The Morgan fingerprint density at radius 1 is 1.06 bits per heavy atom. The Morgan fingerprint density at radius 3 is 2.50 bits per heavy atom. The minimum atomic E-state index is 0.889. The van der Waals surface area contributed by atoms with Crippen LogP contribution in [0.4, 0.5) is 0 Å². The normalized spacial score (nSPS) is 11.4. The van der Waals surface area contributed by atoms with Gasteiger partial charge in [0.1, 0.15) is 5.75 Å². The molecule has 0 radical (unpaired) electrons. The summed E-state index contributed by atoms with van der Waals surface area (Å²) in [7, 11) is 1.70. The third kappa shape index (κ3) is 2.45. The van der Waals surface area contributed by atoms with Gasteiger partial charge in [-0.3, -0.25) is 0 Å². The summed E-state index contributed by atoms with van der Waals surface area (Å²) in [5.41, 5.74) is 4.99. The van der Waals surface area contributed by atoms with Gasteiger partial charge >= 0.3 is 0 Å². The van der Waals surface area contributed by atoms with Crippen molar-refractivity contribution in [3.8, 4) is 5.75 Å². The Hall–Kier alpha value is -2.02. The van der Waals surface area contributed by atoms with E-state index in [2.05, 4.69) is 56.3 Å². The third-order valence-electron chi connectivity index (χ3n) is 3.10. The summed E-state index contributed by atoms with van der Waals surface area (Å²) >= 11 is 0. The number of ether oxygens (including phenoxy) is 1. The molecule has 1 nitrogen and oxygen atoms in total. The second-order valence-corrected chi connectivity index (χ2v) is 4.25. The lowest BCUT2D eigenvalue weighted by molar-refractivity contribution is 0.414. The van der Waals surface area contributed by atoms with Crippen molar-refractivity contribution in [2.45, 2.75) is 13.8 Å². The molecule has 2 aromatic carbocycles. The summed E-state index contributed by atoms with van der Waals surface area (Å²) in [4.78, 5) is 0. The molecule has 0 fully saturated rings. The second-order valence-electron chi connectivity index (χ2n) is 4.25. The summed E-state index contributed by atoms with van der Waals surface area (Å²) in [6.45, 7) is 4.21. The molecular formula is C17H18O. The van der Waals surface area contributed by atoms with E-state index >= 15 is 0 Å². The van der Waals surface area contributed by atoms with Crippen LogP contribution in [-0.2, 0) is 0 Å². The molecule has 0 saturated heterocycles. The topological polar surface area (TPSA) is 9.23 Å². The van der Waals surface area contributed by atoms with Gasteiger partial charge in [-0.05, 0) is 48.2 Å². The van der Waals surface area contributed by atoms with E-state index < -0.39 is 0 Å². The molecule has 0 N–H and O–H groups in total. The molecule has 2 aromatic rings. The average Bonchev–Trinajstić information content (AvgIpc) is 2.42. The quantitative estimate of drug-likeness (QED) is 0.767. The van der Waals surface area contributed by atoms with Crippen LogP contribution in [0.3, 0.4) is 0 Å². The molecule has 0 unspecified atom stereocenters. The first kappa shape index (κ1) is 12.4. The first-order valence-electron chi connectivity index (χ1n) is 6.13. The molecule has 2 rings (SSSR count). The van der Waals surface area contributed by atoms with Crippen LogP contribution in [0.25, 0.3) is 5.57 Å². The lowest BCUT2D eigenvalue weighted by Gasteiger charge is -2.11. The van der Waals surface area contributed by atoms with Crippen molar-refractivity contribution < 1.29 is 4.74 Å². The third-order valence-corrected chi connectivity index (χ3v) is 3.10. The Kier molecular flexibility index (Phi) is 3.83. The minimum Gasteiger partial charge on any atom is -0.497 e. The van der Waals surface area contributed by atoms with Crippen LogP contribution in [-0.4, -0.2) is 7.11 Å². The summed E-state index contributed by atoms with van der Waals surface area (Å²) < 4.78 is 5.29. The molecule has 0 atom stereocenters. The fraction of sp³-hybridized carbons (Fsp3) is 0.176. The van der Waals surface area contributed by atoms with E-state index in [-0.39, 0.29) is 0 Å². The fourth-order valence-corrected chi connectivity index (χ4v) is 2.14. The average molecular weight is 238 g/mol. The van der Waals surface area contributed by atoms with E-state index in [1.54, 1.807) is 7.11 Å². The Morgan fingerprint density at radius 2 is 1.83 bits per heavy atom. The standard InChI is InChI=1S/C17H18O/c1-4-16(17-11-6-5-8-13(17)2)14-9-7-10-15(12-14)18-3/h4-12H,1-3H3/b16-4+. The van der Waals surface area contributed by atoms with Gasteiger partial charge < -0.3 is 4.74 Å². The van der Waals surface area contributed by atoms with E-state index in [1.165, 1.54) is 22.3 Å². The molecule has 0 aromatic heterocycles. The maximum atomic E-state index is 5.29. The van der Waals surface area contributed by atoms with E-state index in [4.69, 9.17) is 4.74 Å². The van der Waals surface area contributed by atoms with Gasteiger partial charge in [-0.1, -0.05) is 42.5 Å². The number of methoxy groups -OCH3 is 1. The molecule has 0 heterocycles. The number of hydrogen-bond acceptors (Lipinski definition) is 1. The number of rotatable bonds is 3. The Bertz CT molecular complexity index is 567. The van der Waals surface area contributed by atoms with Crippen LogP contribution < -0.4 is 4.74 Å². The van der Waals surface area contributed by atoms with E-state index in [0.717, 1.165) is 5.75 Å². The first-order valence-corrected chi connectivity index (χ1v) is 6.13. The maximum absolute atomic E-state index is 5.29. The number of hydrogen-bond donors (Lipinski definition) is 0. The molecule has 92 valence electrons. The molecule has 0 aliphatic carbocycles. The van der Waals surface area contributed by atoms with Crippen LogP contribution in [0.2, 0.25) is 0 Å². The molecule has 0 spiro atoms. The smallest absolute Gasteiger partial charge is 0.119 e. The molecule has 0 aliphatic rings. The fourth-order valence-electron chi connectivity index (χ4n) is 2.14. The van der Waals surface area contributed by atoms with Crippen molar-refractivity contribution in [1.29, 1.82) is 0 Å². The van der Waals surface area contributed by atoms with Crippen LogP contribution in [0.5, 0.6) is 5.75 Å². The summed E-state index contributed by atoms with van der Waals surface area (Å²) in [5, 5.41) is 0. The highest BCUT2D eigenvalue weighted by Crippen LogP contribution is 2.28. The van der Waals surface area contributed by atoms with Gasteiger partial charge in [0, 0.05) is 0 Å². The molecule has 18 heavy (non-hydrogen) atoms. The van der Waals surface area contributed by atoms with Crippen LogP contribution in [0.1, 0.15) is 23.6 Å². The lowest BCUT2D eigenvalue weighted by Crippen LogP contribution is -1.92. The summed E-state index contributed by atoms with van der Waals surface area (Å²) in [5.74, 6) is 0.889. The van der Waals surface area contributed by atoms with E-state index in [0.29, 0.717) is 0 Å². The highest BCUT2D eigenvalue weighted by atomic mass is 16.5. The van der Waals surface area contributed by atoms with Crippen molar-refractivity contribution in [3.63, 3.8) is 0 Å². The molecule has 0 saturated carbocycles. The van der Waals surface area contributed by atoms with Gasteiger partial charge in [0.25, 0.3) is 0 Å². The number of aryl methyl sites for hydroxylation is 1. The van der Waals surface area contributed by atoms with Crippen LogP contribution >= 0.6 is 0 Å². The number of allylic oxidation sites excluding steroid dienone is 1. The number of benzene rings is 2. The van der Waals surface area contributed by atoms with Gasteiger partial charge in [-0.15, -0.1) is 0 Å².